The number of nitrogens with one attached hydrogen (secondary N) is 1. The van der Waals surface area contributed by atoms with Crippen LogP contribution in [0.5, 0.6) is 5.75 Å². The van der Waals surface area contributed by atoms with E-state index in [1.807, 2.05) is 6.92 Å². The van der Waals surface area contributed by atoms with Gasteiger partial charge in [0.05, 0.1) is 4.92 Å². The number of nitro benzene ring substituents is 1. The molecule has 5 nitrogen and oxygen atoms in total. The van der Waals surface area contributed by atoms with E-state index in [9.17, 15) is 10.1 Å². The third-order valence-electron chi connectivity index (χ3n) is 2.18. The first-order chi connectivity index (χ1) is 8.54. The van der Waals surface area contributed by atoms with Crippen LogP contribution in [-0.2, 0) is 6.54 Å². The molecule has 0 saturated heterocycles. The van der Waals surface area contributed by atoms with Crippen LogP contribution < -0.4 is 10.1 Å². The summed E-state index contributed by atoms with van der Waals surface area (Å²) in [5.41, 5.74) is 0.768. The topological polar surface area (TPSA) is 64.4 Å². The Morgan fingerprint density at radius 2 is 2.33 bits per heavy atom. The molecule has 0 fully saturated rings. The molecule has 0 aliphatic heterocycles. The molecule has 0 unspecified atom stereocenters. The molecule has 6 heteroatoms. The molecule has 0 bridgehead atoms. The first-order valence-corrected chi connectivity index (χ1v) is 5.86. The SMILES string of the molecule is C=C(Cl)COc1ccc(CNCC)cc1[N+](=O)[O-]. The number of nitro groups is 1. The maximum Gasteiger partial charge on any atom is 0.311 e. The minimum Gasteiger partial charge on any atom is -0.481 e. The Balaban J connectivity index is 2.89. The molecular weight excluding hydrogens is 256 g/mol. The lowest BCUT2D eigenvalue weighted by Crippen LogP contribution is -2.12. The number of halogens is 1. The van der Waals surface area contributed by atoms with Gasteiger partial charge in [-0.1, -0.05) is 31.2 Å². The molecule has 0 atom stereocenters. The summed E-state index contributed by atoms with van der Waals surface area (Å²) in [6.45, 7) is 6.87. The molecule has 98 valence electrons. The zero-order valence-electron chi connectivity index (χ0n) is 10.1. The van der Waals surface area contributed by atoms with E-state index in [2.05, 4.69) is 11.9 Å². The Labute approximate surface area is 111 Å². The molecule has 18 heavy (non-hydrogen) atoms. The Hall–Kier alpha value is -1.59. The van der Waals surface area contributed by atoms with Crippen molar-refractivity contribution in [1.29, 1.82) is 0 Å². The molecule has 1 aromatic carbocycles. The highest BCUT2D eigenvalue weighted by Gasteiger charge is 2.15. The van der Waals surface area contributed by atoms with Crippen molar-refractivity contribution in [2.75, 3.05) is 13.2 Å². The minimum absolute atomic E-state index is 0.0505. The lowest BCUT2D eigenvalue weighted by molar-refractivity contribution is -0.385. The van der Waals surface area contributed by atoms with E-state index in [-0.39, 0.29) is 18.0 Å². The average molecular weight is 271 g/mol. The number of benzene rings is 1. The molecule has 1 aromatic rings. The Kier molecular flexibility index (Phi) is 5.61. The summed E-state index contributed by atoms with van der Waals surface area (Å²) in [6.07, 6.45) is 0. The smallest absolute Gasteiger partial charge is 0.311 e. The molecule has 0 spiro atoms. The molecule has 0 aromatic heterocycles. The van der Waals surface area contributed by atoms with Gasteiger partial charge in [0.25, 0.3) is 0 Å². The van der Waals surface area contributed by atoms with Crippen LogP contribution in [0, 0.1) is 10.1 Å². The van der Waals surface area contributed by atoms with Crippen molar-refractivity contribution in [1.82, 2.24) is 5.32 Å². The Bertz CT molecular complexity index is 449. The van der Waals surface area contributed by atoms with Crippen molar-refractivity contribution in [2.45, 2.75) is 13.5 Å². The van der Waals surface area contributed by atoms with Crippen LogP contribution >= 0.6 is 11.6 Å². The van der Waals surface area contributed by atoms with Gasteiger partial charge in [0.1, 0.15) is 6.61 Å². The van der Waals surface area contributed by atoms with Crippen molar-refractivity contribution in [2.24, 2.45) is 0 Å². The second kappa shape index (κ2) is 6.98. The first kappa shape index (κ1) is 14.5. The summed E-state index contributed by atoms with van der Waals surface area (Å²) in [6, 6.07) is 4.85. The van der Waals surface area contributed by atoms with Gasteiger partial charge < -0.3 is 10.1 Å². The lowest BCUT2D eigenvalue weighted by atomic mass is 10.2. The number of hydrogen-bond acceptors (Lipinski definition) is 4. The fourth-order valence-electron chi connectivity index (χ4n) is 1.36. The van der Waals surface area contributed by atoms with Crippen LogP contribution in [0.25, 0.3) is 0 Å². The van der Waals surface area contributed by atoms with Crippen molar-refractivity contribution >= 4 is 17.3 Å². The average Bonchev–Trinajstić information content (AvgIpc) is 2.34. The summed E-state index contributed by atoms with van der Waals surface area (Å²) >= 11 is 5.56. The van der Waals surface area contributed by atoms with E-state index in [1.54, 1.807) is 12.1 Å². The van der Waals surface area contributed by atoms with E-state index in [1.165, 1.54) is 6.07 Å². The number of rotatable bonds is 7. The van der Waals surface area contributed by atoms with Crippen LogP contribution in [0.3, 0.4) is 0 Å². The van der Waals surface area contributed by atoms with Gasteiger partial charge in [-0.15, -0.1) is 0 Å². The third kappa shape index (κ3) is 4.35. The Morgan fingerprint density at radius 3 is 2.89 bits per heavy atom. The zero-order chi connectivity index (χ0) is 13.5. The predicted octanol–water partition coefficient (Wildman–Crippen LogP) is 2.84. The van der Waals surface area contributed by atoms with Gasteiger partial charge in [0, 0.05) is 17.6 Å². The molecule has 0 aliphatic carbocycles. The van der Waals surface area contributed by atoms with Crippen LogP contribution in [-0.4, -0.2) is 18.1 Å². The highest BCUT2D eigenvalue weighted by molar-refractivity contribution is 6.29. The number of ether oxygens (including phenoxy) is 1. The second-order valence-corrected chi connectivity index (χ2v) is 4.18. The summed E-state index contributed by atoms with van der Waals surface area (Å²) < 4.78 is 5.23. The first-order valence-electron chi connectivity index (χ1n) is 5.48. The van der Waals surface area contributed by atoms with Gasteiger partial charge in [0.2, 0.25) is 0 Å². The maximum absolute atomic E-state index is 10.9. The molecule has 1 N–H and O–H groups in total. The van der Waals surface area contributed by atoms with E-state index >= 15 is 0 Å². The predicted molar refractivity (Wildman–Crippen MR) is 71.0 cm³/mol. The molecule has 1 rings (SSSR count). The van der Waals surface area contributed by atoms with Crippen molar-refractivity contribution in [3.05, 3.63) is 45.5 Å². The third-order valence-corrected chi connectivity index (χ3v) is 2.29. The summed E-state index contributed by atoms with van der Waals surface area (Å²) in [5.74, 6) is 0.196. The highest BCUT2D eigenvalue weighted by atomic mass is 35.5. The summed E-state index contributed by atoms with van der Waals surface area (Å²) in [5, 5.41) is 14.3. The van der Waals surface area contributed by atoms with Crippen LogP contribution in [0.2, 0.25) is 0 Å². The fourth-order valence-corrected chi connectivity index (χ4v) is 1.42. The lowest BCUT2D eigenvalue weighted by Gasteiger charge is -2.07. The van der Waals surface area contributed by atoms with E-state index in [0.29, 0.717) is 11.6 Å². The normalized spacial score (nSPS) is 10.1. The van der Waals surface area contributed by atoms with Gasteiger partial charge >= 0.3 is 5.69 Å². The van der Waals surface area contributed by atoms with Crippen LogP contribution in [0.4, 0.5) is 5.69 Å². The maximum atomic E-state index is 10.9. The zero-order valence-corrected chi connectivity index (χ0v) is 10.9. The number of hydrogen-bond donors (Lipinski definition) is 1. The van der Waals surface area contributed by atoms with Gasteiger partial charge in [-0.05, 0) is 18.2 Å². The number of nitrogens with zero attached hydrogens (tertiary/aromatic N) is 1. The van der Waals surface area contributed by atoms with Gasteiger partial charge in [0.15, 0.2) is 5.75 Å². The summed E-state index contributed by atoms with van der Waals surface area (Å²) in [7, 11) is 0. The van der Waals surface area contributed by atoms with Gasteiger partial charge in [-0.25, -0.2) is 0 Å². The minimum atomic E-state index is -0.470. The van der Waals surface area contributed by atoms with Gasteiger partial charge in [-0.2, -0.15) is 0 Å². The van der Waals surface area contributed by atoms with E-state index in [0.717, 1.165) is 12.1 Å². The molecule has 0 heterocycles. The van der Waals surface area contributed by atoms with Crippen LogP contribution in [0.15, 0.2) is 29.8 Å². The molecule has 0 saturated carbocycles. The van der Waals surface area contributed by atoms with E-state index in [4.69, 9.17) is 16.3 Å². The Morgan fingerprint density at radius 1 is 1.61 bits per heavy atom. The molecule has 0 aliphatic rings. The van der Waals surface area contributed by atoms with Crippen molar-refractivity contribution in [3.63, 3.8) is 0 Å². The monoisotopic (exact) mass is 270 g/mol. The fraction of sp³-hybridized carbons (Fsp3) is 0.333. The van der Waals surface area contributed by atoms with Crippen LogP contribution in [0.1, 0.15) is 12.5 Å². The van der Waals surface area contributed by atoms with Crippen molar-refractivity contribution < 1.29 is 9.66 Å². The van der Waals surface area contributed by atoms with Gasteiger partial charge in [-0.3, -0.25) is 10.1 Å². The van der Waals surface area contributed by atoms with Crippen molar-refractivity contribution in [3.8, 4) is 5.75 Å². The largest absolute Gasteiger partial charge is 0.481 e. The molecule has 0 amide bonds. The second-order valence-electron chi connectivity index (χ2n) is 3.65. The van der Waals surface area contributed by atoms with E-state index < -0.39 is 4.92 Å². The quantitative estimate of drug-likeness (QED) is 0.611. The molecule has 0 radical (unpaired) electrons. The molecular formula is C12H15ClN2O3. The highest BCUT2D eigenvalue weighted by Crippen LogP contribution is 2.28. The summed E-state index contributed by atoms with van der Waals surface area (Å²) in [4.78, 5) is 10.5. The standard InChI is InChI=1S/C12H15ClN2O3/c1-3-14-7-10-4-5-12(18-8-9(2)13)11(6-10)15(16)17/h4-6,14H,2-3,7-8H2,1H3.